The fraction of sp³-hybridized carbons (Fsp3) is 0.263. The van der Waals surface area contributed by atoms with Crippen molar-refractivity contribution in [1.29, 1.82) is 0 Å². The summed E-state index contributed by atoms with van der Waals surface area (Å²) in [7, 11) is 0. The van der Waals surface area contributed by atoms with Gasteiger partial charge in [0.05, 0.1) is 0 Å². The predicted octanol–water partition coefficient (Wildman–Crippen LogP) is 5.54. The fourth-order valence-corrected chi connectivity index (χ4v) is 3.02. The van der Waals surface area contributed by atoms with Gasteiger partial charge in [0.2, 0.25) is 0 Å². The van der Waals surface area contributed by atoms with Crippen LogP contribution in [-0.4, -0.2) is 0 Å². The molecule has 22 heavy (non-hydrogen) atoms. The third-order valence-corrected chi connectivity index (χ3v) is 4.06. The summed E-state index contributed by atoms with van der Waals surface area (Å²) in [6.45, 7) is 1.97. The first-order valence-corrected chi connectivity index (χ1v) is 7.55. The Hall–Kier alpha value is -2.03. The van der Waals surface area contributed by atoms with E-state index in [0.717, 1.165) is 12.0 Å². The SMILES string of the molecule is CCCc1cc(F)c(C2=Cc3cc(F)ccc3CC2)c(F)c1. The van der Waals surface area contributed by atoms with Crippen LogP contribution >= 0.6 is 0 Å². The second kappa shape index (κ2) is 5.99. The number of allylic oxidation sites excluding steroid dienone is 1. The molecule has 0 spiro atoms. The van der Waals surface area contributed by atoms with Crippen molar-refractivity contribution in [3.63, 3.8) is 0 Å². The lowest BCUT2D eigenvalue weighted by atomic mass is 9.87. The Bertz CT molecular complexity index is 721. The molecule has 0 saturated carbocycles. The molecule has 0 bridgehead atoms. The van der Waals surface area contributed by atoms with E-state index in [4.69, 9.17) is 0 Å². The molecule has 0 heterocycles. The molecule has 0 nitrogen and oxygen atoms in total. The van der Waals surface area contributed by atoms with Gasteiger partial charge in [0.1, 0.15) is 17.5 Å². The van der Waals surface area contributed by atoms with Crippen molar-refractivity contribution < 1.29 is 13.2 Å². The lowest BCUT2D eigenvalue weighted by molar-refractivity contribution is 0.571. The summed E-state index contributed by atoms with van der Waals surface area (Å²) >= 11 is 0. The monoisotopic (exact) mass is 302 g/mol. The van der Waals surface area contributed by atoms with E-state index in [1.807, 2.05) is 6.92 Å². The van der Waals surface area contributed by atoms with Crippen molar-refractivity contribution in [3.05, 3.63) is 70.0 Å². The third-order valence-electron chi connectivity index (χ3n) is 4.06. The summed E-state index contributed by atoms with van der Waals surface area (Å²) in [6, 6.07) is 7.37. The van der Waals surface area contributed by atoms with Crippen molar-refractivity contribution in [2.24, 2.45) is 0 Å². The Morgan fingerprint density at radius 1 is 0.955 bits per heavy atom. The molecule has 0 aromatic heterocycles. The zero-order valence-electron chi connectivity index (χ0n) is 12.4. The standard InChI is InChI=1S/C19H17F3/c1-2-3-12-8-17(21)19(18(22)9-12)14-5-4-13-6-7-16(20)11-15(13)10-14/h6-11H,2-5H2,1H3. The Labute approximate surface area is 128 Å². The van der Waals surface area contributed by atoms with Crippen LogP contribution in [0.2, 0.25) is 0 Å². The van der Waals surface area contributed by atoms with Gasteiger partial charge in [-0.3, -0.25) is 0 Å². The zero-order valence-corrected chi connectivity index (χ0v) is 12.4. The maximum absolute atomic E-state index is 14.3. The second-order valence-corrected chi connectivity index (χ2v) is 5.70. The van der Waals surface area contributed by atoms with Gasteiger partial charge in [-0.05, 0) is 65.8 Å². The van der Waals surface area contributed by atoms with Crippen molar-refractivity contribution in [2.45, 2.75) is 32.6 Å². The van der Waals surface area contributed by atoms with Crippen LogP contribution in [-0.2, 0) is 12.8 Å². The van der Waals surface area contributed by atoms with E-state index in [2.05, 4.69) is 0 Å². The highest BCUT2D eigenvalue weighted by Crippen LogP contribution is 2.34. The molecule has 0 fully saturated rings. The number of aryl methyl sites for hydroxylation is 2. The topological polar surface area (TPSA) is 0 Å². The first-order valence-electron chi connectivity index (χ1n) is 7.55. The largest absolute Gasteiger partial charge is 0.207 e. The molecule has 3 rings (SSSR count). The predicted molar refractivity (Wildman–Crippen MR) is 82.9 cm³/mol. The highest BCUT2D eigenvalue weighted by molar-refractivity contribution is 5.84. The van der Waals surface area contributed by atoms with Crippen molar-refractivity contribution in [1.82, 2.24) is 0 Å². The van der Waals surface area contributed by atoms with Gasteiger partial charge in [-0.15, -0.1) is 0 Å². The lowest BCUT2D eigenvalue weighted by Crippen LogP contribution is -2.04. The smallest absolute Gasteiger partial charge is 0.133 e. The fourth-order valence-electron chi connectivity index (χ4n) is 3.02. The highest BCUT2D eigenvalue weighted by Gasteiger charge is 2.19. The van der Waals surface area contributed by atoms with Crippen LogP contribution in [0.5, 0.6) is 0 Å². The van der Waals surface area contributed by atoms with Gasteiger partial charge in [0.25, 0.3) is 0 Å². The zero-order chi connectivity index (χ0) is 15.7. The molecule has 0 aliphatic heterocycles. The van der Waals surface area contributed by atoms with E-state index >= 15 is 0 Å². The molecule has 3 heteroatoms. The molecule has 1 aliphatic carbocycles. The van der Waals surface area contributed by atoms with E-state index in [-0.39, 0.29) is 11.4 Å². The average Bonchev–Trinajstić information content (AvgIpc) is 2.46. The summed E-state index contributed by atoms with van der Waals surface area (Å²) in [5.74, 6) is -1.40. The molecule has 2 aromatic carbocycles. The first-order chi connectivity index (χ1) is 10.6. The van der Waals surface area contributed by atoms with Crippen LogP contribution in [0.15, 0.2) is 30.3 Å². The first kappa shape index (κ1) is 14.9. The molecule has 0 unspecified atom stereocenters. The number of benzene rings is 2. The summed E-state index contributed by atoms with van der Waals surface area (Å²) < 4.78 is 42.0. The number of hydrogen-bond acceptors (Lipinski definition) is 0. The van der Waals surface area contributed by atoms with E-state index in [1.54, 1.807) is 12.1 Å². The van der Waals surface area contributed by atoms with Crippen LogP contribution < -0.4 is 0 Å². The third kappa shape index (κ3) is 2.80. The minimum Gasteiger partial charge on any atom is -0.207 e. The van der Waals surface area contributed by atoms with Gasteiger partial charge in [0.15, 0.2) is 0 Å². The molecular formula is C19H17F3. The molecule has 0 atom stereocenters. The Morgan fingerprint density at radius 2 is 1.68 bits per heavy atom. The summed E-state index contributed by atoms with van der Waals surface area (Å²) in [5, 5.41) is 0. The van der Waals surface area contributed by atoms with Crippen LogP contribution in [0.4, 0.5) is 13.2 Å². The quantitative estimate of drug-likeness (QED) is 0.698. The minimum atomic E-state index is -0.533. The molecule has 0 saturated heterocycles. The van der Waals surface area contributed by atoms with Crippen molar-refractivity contribution in [3.8, 4) is 0 Å². The van der Waals surface area contributed by atoms with Crippen LogP contribution in [0.1, 0.15) is 42.0 Å². The maximum Gasteiger partial charge on any atom is 0.133 e. The maximum atomic E-state index is 14.3. The molecule has 0 N–H and O–H groups in total. The molecule has 2 aromatic rings. The van der Waals surface area contributed by atoms with Gasteiger partial charge < -0.3 is 0 Å². The van der Waals surface area contributed by atoms with Crippen LogP contribution in [0, 0.1) is 17.5 Å². The Balaban J connectivity index is 2.05. The van der Waals surface area contributed by atoms with Gasteiger partial charge in [0, 0.05) is 5.56 Å². The summed E-state index contributed by atoms with van der Waals surface area (Å²) in [5.41, 5.74) is 3.00. The molecule has 0 radical (unpaired) electrons. The van der Waals surface area contributed by atoms with Gasteiger partial charge in [-0.25, -0.2) is 13.2 Å². The number of halogens is 3. The molecular weight excluding hydrogens is 285 g/mol. The summed E-state index contributed by atoms with van der Waals surface area (Å²) in [6.07, 6.45) is 4.41. The van der Waals surface area contributed by atoms with E-state index in [0.29, 0.717) is 36.0 Å². The normalized spacial score (nSPS) is 13.7. The van der Waals surface area contributed by atoms with E-state index in [1.165, 1.54) is 24.3 Å². The van der Waals surface area contributed by atoms with Gasteiger partial charge in [-0.2, -0.15) is 0 Å². The van der Waals surface area contributed by atoms with Crippen molar-refractivity contribution >= 4 is 11.6 Å². The van der Waals surface area contributed by atoms with Gasteiger partial charge in [-0.1, -0.05) is 25.5 Å². The Morgan fingerprint density at radius 3 is 2.36 bits per heavy atom. The molecule has 1 aliphatic rings. The van der Waals surface area contributed by atoms with E-state index in [9.17, 15) is 13.2 Å². The lowest BCUT2D eigenvalue weighted by Gasteiger charge is -2.18. The minimum absolute atomic E-state index is 0.0229. The van der Waals surface area contributed by atoms with Crippen molar-refractivity contribution in [2.75, 3.05) is 0 Å². The van der Waals surface area contributed by atoms with Gasteiger partial charge >= 0.3 is 0 Å². The van der Waals surface area contributed by atoms with Crippen LogP contribution in [0.25, 0.3) is 11.6 Å². The average molecular weight is 302 g/mol. The number of fused-ring (bicyclic) bond motifs is 1. The summed E-state index contributed by atoms with van der Waals surface area (Å²) in [4.78, 5) is 0. The number of rotatable bonds is 3. The van der Waals surface area contributed by atoms with E-state index < -0.39 is 11.6 Å². The van der Waals surface area contributed by atoms with Crippen LogP contribution in [0.3, 0.4) is 0 Å². The molecule has 114 valence electrons. The Kier molecular flexibility index (Phi) is 4.06. The molecule has 0 amide bonds. The second-order valence-electron chi connectivity index (χ2n) is 5.70. The number of hydrogen-bond donors (Lipinski definition) is 0. The highest BCUT2D eigenvalue weighted by atomic mass is 19.1.